The molecular formula is C27H30N4O3. The average Bonchev–Trinajstić information content (AvgIpc) is 2.85. The predicted molar refractivity (Wildman–Crippen MR) is 137 cm³/mol. The summed E-state index contributed by atoms with van der Waals surface area (Å²) in [6.07, 6.45) is 1.48. The third-order valence-corrected chi connectivity index (χ3v) is 5.22. The van der Waals surface area contributed by atoms with Crippen LogP contribution in [0.4, 0.5) is 22.7 Å². The van der Waals surface area contributed by atoms with Gasteiger partial charge in [0.1, 0.15) is 0 Å². The van der Waals surface area contributed by atoms with Crippen molar-refractivity contribution in [1.29, 1.82) is 0 Å². The maximum atomic E-state index is 12.3. The van der Waals surface area contributed by atoms with Crippen molar-refractivity contribution in [3.63, 3.8) is 0 Å². The van der Waals surface area contributed by atoms with E-state index in [9.17, 15) is 14.4 Å². The first-order valence-electron chi connectivity index (χ1n) is 11.3. The molecule has 0 aromatic heterocycles. The summed E-state index contributed by atoms with van der Waals surface area (Å²) in [5.74, 6) is -0.328. The van der Waals surface area contributed by atoms with Gasteiger partial charge in [0.25, 0.3) is 0 Å². The van der Waals surface area contributed by atoms with E-state index in [0.29, 0.717) is 30.6 Å². The maximum Gasteiger partial charge on any atom is 0.243 e. The van der Waals surface area contributed by atoms with Crippen LogP contribution in [0.3, 0.4) is 0 Å². The smallest absolute Gasteiger partial charge is 0.243 e. The van der Waals surface area contributed by atoms with Crippen LogP contribution in [0.5, 0.6) is 0 Å². The second kappa shape index (κ2) is 12.2. The van der Waals surface area contributed by atoms with Gasteiger partial charge in [-0.15, -0.1) is 0 Å². The first-order valence-corrected chi connectivity index (χ1v) is 11.3. The molecule has 34 heavy (non-hydrogen) atoms. The van der Waals surface area contributed by atoms with E-state index in [4.69, 9.17) is 0 Å². The monoisotopic (exact) mass is 458 g/mol. The summed E-state index contributed by atoms with van der Waals surface area (Å²) in [7, 11) is 0. The van der Waals surface area contributed by atoms with Gasteiger partial charge in [-0.2, -0.15) is 0 Å². The van der Waals surface area contributed by atoms with Gasteiger partial charge in [-0.3, -0.25) is 14.4 Å². The van der Waals surface area contributed by atoms with Crippen LogP contribution in [-0.4, -0.2) is 24.3 Å². The summed E-state index contributed by atoms with van der Waals surface area (Å²) < 4.78 is 0. The number of hydrogen-bond acceptors (Lipinski definition) is 4. The molecule has 4 N–H and O–H groups in total. The quantitative estimate of drug-likeness (QED) is 0.345. The number of rotatable bonds is 10. The molecule has 0 spiro atoms. The first-order chi connectivity index (χ1) is 16.4. The topological polar surface area (TPSA) is 99.3 Å². The molecule has 0 saturated carbocycles. The zero-order valence-corrected chi connectivity index (χ0v) is 19.5. The molecule has 0 radical (unpaired) electrons. The Labute approximate surface area is 200 Å². The molecule has 0 unspecified atom stereocenters. The average molecular weight is 459 g/mol. The minimum absolute atomic E-state index is 0.0579. The predicted octanol–water partition coefficient (Wildman–Crippen LogP) is 4.97. The van der Waals surface area contributed by atoms with Crippen LogP contribution in [0.15, 0.2) is 72.8 Å². The Bertz CT molecular complexity index is 1130. The number of benzene rings is 3. The van der Waals surface area contributed by atoms with Crippen molar-refractivity contribution in [3.8, 4) is 0 Å². The lowest BCUT2D eigenvalue weighted by Gasteiger charge is -2.12. The van der Waals surface area contributed by atoms with Gasteiger partial charge in [0, 0.05) is 35.6 Å². The number of carbonyl (C=O) groups excluding carboxylic acids is 3. The van der Waals surface area contributed by atoms with Gasteiger partial charge in [0.15, 0.2) is 0 Å². The van der Waals surface area contributed by atoms with Crippen molar-refractivity contribution < 1.29 is 14.4 Å². The summed E-state index contributed by atoms with van der Waals surface area (Å²) in [6, 6.07) is 22.4. The van der Waals surface area contributed by atoms with E-state index in [1.807, 2.05) is 55.5 Å². The summed E-state index contributed by atoms with van der Waals surface area (Å²) in [4.78, 5) is 36.2. The number of hydrogen-bond donors (Lipinski definition) is 4. The molecule has 3 aromatic rings. The molecule has 3 aromatic carbocycles. The number of aryl methyl sites for hydroxylation is 2. The summed E-state index contributed by atoms with van der Waals surface area (Å²) >= 11 is 0. The Kier molecular flexibility index (Phi) is 8.80. The molecule has 0 atom stereocenters. The molecule has 0 aliphatic carbocycles. The zero-order valence-electron chi connectivity index (χ0n) is 19.5. The van der Waals surface area contributed by atoms with Crippen molar-refractivity contribution in [2.24, 2.45) is 0 Å². The number of amides is 3. The minimum Gasteiger partial charge on any atom is -0.376 e. The fourth-order valence-electron chi connectivity index (χ4n) is 3.26. The second-order valence-corrected chi connectivity index (χ2v) is 7.94. The van der Waals surface area contributed by atoms with Gasteiger partial charge < -0.3 is 21.3 Å². The van der Waals surface area contributed by atoms with Gasteiger partial charge in [-0.1, -0.05) is 43.3 Å². The lowest BCUT2D eigenvalue weighted by atomic mass is 10.1. The highest BCUT2D eigenvalue weighted by Gasteiger charge is 2.07. The van der Waals surface area contributed by atoms with Crippen LogP contribution in [-0.2, 0) is 20.8 Å². The zero-order chi connectivity index (χ0) is 24.3. The third-order valence-electron chi connectivity index (χ3n) is 5.22. The molecule has 0 bridgehead atoms. The van der Waals surface area contributed by atoms with E-state index < -0.39 is 0 Å². The second-order valence-electron chi connectivity index (χ2n) is 7.94. The highest BCUT2D eigenvalue weighted by molar-refractivity contribution is 5.95. The van der Waals surface area contributed by atoms with E-state index >= 15 is 0 Å². The molecule has 7 nitrogen and oxygen atoms in total. The Morgan fingerprint density at radius 3 is 1.97 bits per heavy atom. The molecule has 3 amide bonds. The van der Waals surface area contributed by atoms with Crippen molar-refractivity contribution in [2.75, 3.05) is 27.8 Å². The van der Waals surface area contributed by atoms with Crippen LogP contribution >= 0.6 is 0 Å². The van der Waals surface area contributed by atoms with Crippen LogP contribution in [0.2, 0.25) is 0 Å². The maximum absolute atomic E-state index is 12.3. The highest BCUT2D eigenvalue weighted by Crippen LogP contribution is 2.20. The van der Waals surface area contributed by atoms with Gasteiger partial charge in [-0.05, 0) is 60.9 Å². The fourth-order valence-corrected chi connectivity index (χ4v) is 3.26. The number of nitrogens with one attached hydrogen (secondary N) is 4. The van der Waals surface area contributed by atoms with Crippen molar-refractivity contribution in [1.82, 2.24) is 0 Å². The lowest BCUT2D eigenvalue weighted by Crippen LogP contribution is -2.22. The highest BCUT2D eigenvalue weighted by atomic mass is 16.2. The lowest BCUT2D eigenvalue weighted by molar-refractivity contribution is -0.116. The van der Waals surface area contributed by atoms with Gasteiger partial charge in [0.2, 0.25) is 17.7 Å². The normalized spacial score (nSPS) is 10.3. The molecule has 3 rings (SSSR count). The SMILES string of the molecule is CCC(=O)Nc1cc(NCC(=O)Nc2ccc(NC(=O)CCc3ccccc3)cc2)ccc1C. The van der Waals surface area contributed by atoms with E-state index in [1.54, 1.807) is 31.2 Å². The molecule has 0 heterocycles. The molecule has 0 aliphatic rings. The van der Waals surface area contributed by atoms with E-state index in [0.717, 1.165) is 22.5 Å². The van der Waals surface area contributed by atoms with Crippen molar-refractivity contribution >= 4 is 40.5 Å². The Hall–Kier alpha value is -4.13. The van der Waals surface area contributed by atoms with Crippen LogP contribution in [0.25, 0.3) is 0 Å². The van der Waals surface area contributed by atoms with Crippen molar-refractivity contribution in [2.45, 2.75) is 33.1 Å². The summed E-state index contributed by atoms with van der Waals surface area (Å²) in [5, 5.41) is 11.6. The minimum atomic E-state index is -0.209. The third kappa shape index (κ3) is 7.78. The molecule has 0 saturated heterocycles. The standard InChI is InChI=1S/C27H30N4O3/c1-3-25(32)31-24-17-23(11-9-19(24)2)28-18-27(34)30-22-14-12-21(13-15-22)29-26(33)16-10-20-7-5-4-6-8-20/h4-9,11-15,17,28H,3,10,16,18H2,1-2H3,(H,29,33)(H,30,34)(H,31,32). The molecule has 0 fully saturated rings. The number of carbonyl (C=O) groups is 3. The van der Waals surface area contributed by atoms with Crippen LogP contribution in [0, 0.1) is 6.92 Å². The van der Waals surface area contributed by atoms with Crippen molar-refractivity contribution in [3.05, 3.63) is 83.9 Å². The summed E-state index contributed by atoms with van der Waals surface area (Å²) in [6.45, 7) is 3.78. The Balaban J connectivity index is 1.45. The molecule has 0 aliphatic heterocycles. The van der Waals surface area contributed by atoms with Gasteiger partial charge in [-0.25, -0.2) is 0 Å². The van der Waals surface area contributed by atoms with Crippen LogP contribution < -0.4 is 21.3 Å². The number of anilines is 4. The van der Waals surface area contributed by atoms with Gasteiger partial charge in [0.05, 0.1) is 6.54 Å². The molecular weight excluding hydrogens is 428 g/mol. The summed E-state index contributed by atoms with van der Waals surface area (Å²) in [5.41, 5.74) is 4.84. The molecule has 7 heteroatoms. The van der Waals surface area contributed by atoms with Gasteiger partial charge >= 0.3 is 0 Å². The van der Waals surface area contributed by atoms with E-state index in [2.05, 4.69) is 21.3 Å². The Morgan fingerprint density at radius 1 is 0.706 bits per heavy atom. The van der Waals surface area contributed by atoms with Crippen LogP contribution in [0.1, 0.15) is 30.9 Å². The molecule has 176 valence electrons. The largest absolute Gasteiger partial charge is 0.376 e. The Morgan fingerprint density at radius 2 is 1.32 bits per heavy atom. The van der Waals surface area contributed by atoms with E-state index in [1.165, 1.54) is 0 Å². The fraction of sp³-hybridized carbons (Fsp3) is 0.222. The first kappa shape index (κ1) is 24.5. The van der Waals surface area contributed by atoms with E-state index in [-0.39, 0.29) is 24.3 Å².